The Morgan fingerprint density at radius 3 is 2.11 bits per heavy atom. The number of nitrogens with two attached hydrogens (primary N) is 1. The molecule has 0 bridgehead atoms. The van der Waals surface area contributed by atoms with Crippen LogP contribution in [0.5, 0.6) is 0 Å². The van der Waals surface area contributed by atoms with E-state index in [0.29, 0.717) is 0 Å². The van der Waals surface area contributed by atoms with E-state index in [1.165, 1.54) is 0 Å². The average Bonchev–Trinajstić information content (AvgIpc) is 1.84. The van der Waals surface area contributed by atoms with Crippen LogP contribution in [0.3, 0.4) is 0 Å². The Hall–Kier alpha value is -0.870. The summed E-state index contributed by atoms with van der Waals surface area (Å²) in [6.45, 7) is 0. The van der Waals surface area contributed by atoms with Gasteiger partial charge in [0.05, 0.1) is 0 Å². The fourth-order valence-electron chi connectivity index (χ4n) is 0.222. The molecule has 0 saturated carbocycles. The predicted molar refractivity (Wildman–Crippen MR) is 28.0 cm³/mol. The molecule has 0 aliphatic rings. The van der Waals surface area contributed by atoms with E-state index in [1.807, 2.05) is 0 Å². The molecule has 0 saturated heterocycles. The third kappa shape index (κ3) is 2.25. The van der Waals surface area contributed by atoms with Gasteiger partial charge in [0.25, 0.3) is 0 Å². The van der Waals surface area contributed by atoms with Crippen molar-refractivity contribution in [3.05, 3.63) is 5.76 Å². The van der Waals surface area contributed by atoms with Gasteiger partial charge in [-0.3, -0.25) is 0 Å². The summed E-state index contributed by atoms with van der Waals surface area (Å²) in [4.78, 5) is 9.51. The molecule has 2 unspecified atom stereocenters. The molecule has 0 rings (SSSR count). The van der Waals surface area contributed by atoms with E-state index >= 15 is 0 Å². The molecule has 0 radical (unpaired) electrons. The molecule has 0 fully saturated rings. The van der Waals surface area contributed by atoms with Crippen molar-refractivity contribution in [3.63, 3.8) is 0 Å². The molecule has 0 aromatic heterocycles. The molecule has 5 heteroatoms. The topological polar surface area (TPSA) is 104 Å². The zero-order valence-electron chi connectivity index (χ0n) is 4.48. The Bertz CT molecular complexity index is 138. The maximum Gasteiger partial charge on any atom is 0.210 e. The van der Waals surface area contributed by atoms with E-state index in [0.717, 1.165) is 5.94 Å². The molecule has 0 aromatic rings. The van der Waals surface area contributed by atoms with Crippen LogP contribution >= 0.6 is 0 Å². The van der Waals surface area contributed by atoms with Crippen molar-refractivity contribution >= 4 is 5.94 Å². The van der Waals surface area contributed by atoms with Crippen LogP contribution in [0, 0.1) is 0 Å². The smallest absolute Gasteiger partial charge is 0.210 e. The van der Waals surface area contributed by atoms with Gasteiger partial charge in [-0.2, -0.15) is 0 Å². The number of hydrogen-bond acceptors (Lipinski definition) is 5. The van der Waals surface area contributed by atoms with Crippen LogP contribution in [0.15, 0.2) is 5.76 Å². The Balaban J connectivity index is 4.04. The summed E-state index contributed by atoms with van der Waals surface area (Å²) < 4.78 is 0. The first-order valence-electron chi connectivity index (χ1n) is 2.15. The van der Waals surface area contributed by atoms with E-state index in [2.05, 4.69) is 5.73 Å². The lowest BCUT2D eigenvalue weighted by Gasteiger charge is -2.08. The first-order chi connectivity index (χ1) is 4.09. The highest BCUT2D eigenvalue weighted by Gasteiger charge is 2.16. The zero-order chi connectivity index (χ0) is 7.44. The van der Waals surface area contributed by atoms with Gasteiger partial charge in [-0.05, 0) is 0 Å². The van der Waals surface area contributed by atoms with Crippen molar-refractivity contribution in [1.82, 2.24) is 0 Å². The van der Waals surface area contributed by atoms with Crippen LogP contribution in [0.1, 0.15) is 0 Å². The third-order valence-corrected chi connectivity index (χ3v) is 0.708. The minimum atomic E-state index is -1.73. The maximum absolute atomic E-state index is 9.51. The van der Waals surface area contributed by atoms with Gasteiger partial charge in [-0.1, -0.05) is 0 Å². The van der Waals surface area contributed by atoms with Gasteiger partial charge in [0.1, 0.15) is 6.23 Å². The molecule has 2 atom stereocenters. The van der Waals surface area contributed by atoms with Crippen molar-refractivity contribution in [2.75, 3.05) is 0 Å². The van der Waals surface area contributed by atoms with Crippen LogP contribution < -0.4 is 5.73 Å². The lowest BCUT2D eigenvalue weighted by molar-refractivity contribution is 0.0238. The summed E-state index contributed by atoms with van der Waals surface area (Å²) in [5.41, 5.74) is 4.66. The van der Waals surface area contributed by atoms with E-state index in [9.17, 15) is 4.79 Å². The molecule has 0 heterocycles. The summed E-state index contributed by atoms with van der Waals surface area (Å²) in [6.07, 6.45) is -3.38. The highest BCUT2D eigenvalue weighted by molar-refractivity contribution is 5.50. The second-order valence-corrected chi connectivity index (χ2v) is 1.42. The first-order valence-corrected chi connectivity index (χ1v) is 2.15. The highest BCUT2D eigenvalue weighted by atomic mass is 16.4. The molecule has 5 nitrogen and oxygen atoms in total. The fraction of sp³-hybridized carbons (Fsp3) is 0.500. The minimum absolute atomic E-state index is 0.978. The monoisotopic (exact) mass is 133 g/mol. The average molecular weight is 133 g/mol. The molecular weight excluding hydrogens is 126 g/mol. The lowest BCUT2D eigenvalue weighted by Crippen LogP contribution is -2.35. The van der Waals surface area contributed by atoms with Crippen molar-refractivity contribution in [1.29, 1.82) is 0 Å². The Morgan fingerprint density at radius 2 is 2.00 bits per heavy atom. The van der Waals surface area contributed by atoms with E-state index in [4.69, 9.17) is 15.3 Å². The van der Waals surface area contributed by atoms with Crippen LogP contribution in [0.4, 0.5) is 0 Å². The lowest BCUT2D eigenvalue weighted by atomic mass is 10.3. The second kappa shape index (κ2) is 3.21. The van der Waals surface area contributed by atoms with Crippen molar-refractivity contribution in [2.45, 2.75) is 12.3 Å². The standard InChI is InChI=1S/C4H7NO4/c5-4(9)3(8)2(7)1-6/h3-4,7-9H,5H2. The number of aliphatic hydroxyl groups excluding tert-OH is 3. The summed E-state index contributed by atoms with van der Waals surface area (Å²) in [7, 11) is 0. The SMILES string of the molecule is NC(O)C(O)C(O)=C=O. The Kier molecular flexibility index (Phi) is 2.90. The fourth-order valence-corrected chi connectivity index (χ4v) is 0.222. The van der Waals surface area contributed by atoms with Gasteiger partial charge in [0.15, 0.2) is 12.0 Å². The van der Waals surface area contributed by atoms with E-state index in [1.54, 1.807) is 0 Å². The Morgan fingerprint density at radius 1 is 1.56 bits per heavy atom. The van der Waals surface area contributed by atoms with Gasteiger partial charge in [0.2, 0.25) is 5.76 Å². The predicted octanol–water partition coefficient (Wildman–Crippen LogP) is -2.10. The molecule has 0 aliphatic carbocycles. The summed E-state index contributed by atoms with van der Waals surface area (Å²) >= 11 is 0. The quantitative estimate of drug-likeness (QED) is 0.196. The molecular formula is C4H7NO4. The zero-order valence-corrected chi connectivity index (χ0v) is 4.48. The summed E-state index contributed by atoms with van der Waals surface area (Å²) in [6, 6.07) is 0. The van der Waals surface area contributed by atoms with Gasteiger partial charge in [0, 0.05) is 0 Å². The number of carbonyl (C=O) groups excluding carboxylic acids is 1. The van der Waals surface area contributed by atoms with Gasteiger partial charge in [-0.15, -0.1) is 0 Å². The number of rotatable bonds is 2. The van der Waals surface area contributed by atoms with Crippen LogP contribution in [-0.4, -0.2) is 33.6 Å². The maximum atomic E-state index is 9.51. The second-order valence-electron chi connectivity index (χ2n) is 1.42. The largest absolute Gasteiger partial charge is 0.500 e. The molecule has 52 valence electrons. The molecule has 0 amide bonds. The minimum Gasteiger partial charge on any atom is -0.500 e. The third-order valence-electron chi connectivity index (χ3n) is 0.708. The normalized spacial score (nSPS) is 15.9. The van der Waals surface area contributed by atoms with Gasteiger partial charge in [-0.25, -0.2) is 4.79 Å². The molecule has 9 heavy (non-hydrogen) atoms. The summed E-state index contributed by atoms with van der Waals surface area (Å²) in [5, 5.41) is 25.1. The van der Waals surface area contributed by atoms with Crippen LogP contribution in [0.25, 0.3) is 0 Å². The van der Waals surface area contributed by atoms with Gasteiger partial charge >= 0.3 is 0 Å². The number of hydrogen-bond donors (Lipinski definition) is 4. The Labute approximate surface area is 51.0 Å². The molecule has 0 aliphatic heterocycles. The molecule has 0 spiro atoms. The van der Waals surface area contributed by atoms with Crippen LogP contribution in [0.2, 0.25) is 0 Å². The highest BCUT2D eigenvalue weighted by Crippen LogP contribution is 1.93. The molecule has 0 aromatic carbocycles. The summed E-state index contributed by atoms with van der Waals surface area (Å²) in [5.74, 6) is -0.0171. The van der Waals surface area contributed by atoms with E-state index in [-0.39, 0.29) is 0 Å². The van der Waals surface area contributed by atoms with E-state index < -0.39 is 18.1 Å². The molecule has 5 N–H and O–H groups in total. The first kappa shape index (κ1) is 8.13. The van der Waals surface area contributed by atoms with Crippen molar-refractivity contribution < 1.29 is 20.1 Å². The van der Waals surface area contributed by atoms with Gasteiger partial charge < -0.3 is 21.1 Å². The van der Waals surface area contributed by atoms with Crippen molar-refractivity contribution in [2.24, 2.45) is 5.73 Å². The van der Waals surface area contributed by atoms with Crippen molar-refractivity contribution in [3.8, 4) is 0 Å². The number of aliphatic hydroxyl groups is 3. The van der Waals surface area contributed by atoms with Crippen LogP contribution in [-0.2, 0) is 4.79 Å².